The van der Waals surface area contributed by atoms with Crippen molar-refractivity contribution >= 4 is 29.9 Å². The van der Waals surface area contributed by atoms with E-state index in [4.69, 9.17) is 17.3 Å². The molecule has 5 heteroatoms. The zero-order valence-corrected chi connectivity index (χ0v) is 15.7. The first-order valence-electron chi connectivity index (χ1n) is 7.27. The third-order valence-electron chi connectivity index (χ3n) is 3.68. The molecule has 0 unspecified atom stereocenters. The van der Waals surface area contributed by atoms with Crippen LogP contribution in [0.3, 0.4) is 0 Å². The average molecular weight is 347 g/mol. The Morgan fingerprint density at radius 1 is 1.27 bits per heavy atom. The number of carbonyl (C=O) groups excluding carboxylic acids is 1. The summed E-state index contributed by atoms with van der Waals surface area (Å²) < 4.78 is 0. The van der Waals surface area contributed by atoms with Crippen LogP contribution in [0.1, 0.15) is 33.3 Å². The smallest absolute Gasteiger partial charge is 0.228 e. The molecule has 0 aliphatic rings. The minimum absolute atomic E-state index is 0. The second-order valence-electron chi connectivity index (χ2n) is 7.22. The Balaban J connectivity index is 0.00000441. The lowest BCUT2D eigenvalue weighted by molar-refractivity contribution is -0.140. The fourth-order valence-electron chi connectivity index (χ4n) is 2.53. The van der Waals surface area contributed by atoms with Crippen LogP contribution in [-0.2, 0) is 11.2 Å². The summed E-state index contributed by atoms with van der Waals surface area (Å²) in [6.07, 6.45) is 0.666. The van der Waals surface area contributed by atoms with Gasteiger partial charge in [0, 0.05) is 24.0 Å². The Morgan fingerprint density at radius 2 is 1.86 bits per heavy atom. The topological polar surface area (TPSA) is 46.3 Å². The summed E-state index contributed by atoms with van der Waals surface area (Å²) in [5.74, 6) is 0.129. The van der Waals surface area contributed by atoms with E-state index >= 15 is 0 Å². The molecule has 0 aromatic heterocycles. The molecule has 3 nitrogen and oxygen atoms in total. The van der Waals surface area contributed by atoms with Gasteiger partial charge in [0.25, 0.3) is 0 Å². The minimum Gasteiger partial charge on any atom is -0.345 e. The first kappa shape index (κ1) is 21.2. The highest BCUT2D eigenvalue weighted by Gasteiger charge is 2.32. The predicted octanol–water partition coefficient (Wildman–Crippen LogP) is 3.77. The van der Waals surface area contributed by atoms with Gasteiger partial charge in [-0.25, -0.2) is 0 Å². The fraction of sp³-hybridized carbons (Fsp3) is 0.588. The van der Waals surface area contributed by atoms with Gasteiger partial charge in [-0.15, -0.1) is 12.4 Å². The van der Waals surface area contributed by atoms with Gasteiger partial charge < -0.3 is 10.6 Å². The third kappa shape index (κ3) is 6.15. The van der Waals surface area contributed by atoms with Crippen molar-refractivity contribution in [3.05, 3.63) is 34.9 Å². The van der Waals surface area contributed by atoms with Gasteiger partial charge in [0.1, 0.15) is 0 Å². The molecule has 0 atom stereocenters. The molecule has 1 rings (SSSR count). The number of nitrogens with zero attached hydrogens (tertiary/aromatic N) is 1. The van der Waals surface area contributed by atoms with Gasteiger partial charge in [-0.3, -0.25) is 4.79 Å². The van der Waals surface area contributed by atoms with Crippen LogP contribution >= 0.6 is 24.0 Å². The Kier molecular flexibility index (Phi) is 7.90. The van der Waals surface area contributed by atoms with Crippen molar-refractivity contribution in [3.8, 4) is 0 Å². The lowest BCUT2D eigenvalue weighted by atomic mass is 9.83. The van der Waals surface area contributed by atoms with Gasteiger partial charge in [0.05, 0.1) is 0 Å². The number of nitrogens with two attached hydrogens (primary N) is 1. The van der Waals surface area contributed by atoms with Crippen molar-refractivity contribution in [1.82, 2.24) is 4.90 Å². The van der Waals surface area contributed by atoms with E-state index in [0.717, 1.165) is 5.56 Å². The van der Waals surface area contributed by atoms with Crippen LogP contribution in [0.4, 0.5) is 0 Å². The monoisotopic (exact) mass is 346 g/mol. The van der Waals surface area contributed by atoms with Gasteiger partial charge in [0.15, 0.2) is 0 Å². The summed E-state index contributed by atoms with van der Waals surface area (Å²) in [7, 11) is 1.85. The van der Waals surface area contributed by atoms with Gasteiger partial charge in [0.2, 0.25) is 5.91 Å². The van der Waals surface area contributed by atoms with Crippen LogP contribution < -0.4 is 5.73 Å². The summed E-state index contributed by atoms with van der Waals surface area (Å²) in [4.78, 5) is 14.5. The maximum Gasteiger partial charge on any atom is 0.228 e. The molecule has 2 N–H and O–H groups in total. The van der Waals surface area contributed by atoms with Crippen molar-refractivity contribution in [2.45, 2.75) is 34.1 Å². The summed E-state index contributed by atoms with van der Waals surface area (Å²) in [6.45, 7) is 9.30. The maximum atomic E-state index is 12.7. The van der Waals surface area contributed by atoms with E-state index in [2.05, 4.69) is 13.8 Å². The molecule has 1 aromatic rings. The largest absolute Gasteiger partial charge is 0.345 e. The lowest BCUT2D eigenvalue weighted by Crippen LogP contribution is -2.45. The lowest BCUT2D eigenvalue weighted by Gasteiger charge is -2.34. The van der Waals surface area contributed by atoms with E-state index in [9.17, 15) is 4.79 Å². The number of hydrogen-bond acceptors (Lipinski definition) is 2. The number of amides is 1. The number of benzene rings is 1. The zero-order valence-electron chi connectivity index (χ0n) is 14.1. The molecule has 0 aliphatic carbocycles. The van der Waals surface area contributed by atoms with Gasteiger partial charge in [-0.2, -0.15) is 0 Å². The van der Waals surface area contributed by atoms with Crippen molar-refractivity contribution in [1.29, 1.82) is 0 Å². The van der Waals surface area contributed by atoms with Gasteiger partial charge in [-0.05, 0) is 36.1 Å². The van der Waals surface area contributed by atoms with Crippen LogP contribution in [0.2, 0.25) is 5.02 Å². The molecule has 1 amide bonds. The molecule has 1 aromatic carbocycles. The van der Waals surface area contributed by atoms with Crippen molar-refractivity contribution in [3.63, 3.8) is 0 Å². The van der Waals surface area contributed by atoms with E-state index in [1.807, 2.05) is 45.2 Å². The highest BCUT2D eigenvalue weighted by atomic mass is 35.5. The molecule has 0 saturated carbocycles. The van der Waals surface area contributed by atoms with Crippen molar-refractivity contribution < 1.29 is 4.79 Å². The molecule has 0 bridgehead atoms. The number of hydrogen-bond donors (Lipinski definition) is 1. The van der Waals surface area contributed by atoms with Crippen LogP contribution in [-0.4, -0.2) is 30.9 Å². The number of halogens is 2. The quantitative estimate of drug-likeness (QED) is 0.851. The summed E-state index contributed by atoms with van der Waals surface area (Å²) in [5, 5.41) is 0.702. The molecular formula is C17H28Cl2N2O. The number of carbonyl (C=O) groups is 1. The Hall–Kier alpha value is -0.770. The predicted molar refractivity (Wildman–Crippen MR) is 96.7 cm³/mol. The second-order valence-corrected chi connectivity index (χ2v) is 7.66. The SMILES string of the molecule is CN(CC(C)(C)CN)C(=O)C(C)(C)Cc1cccc(Cl)c1.Cl. The third-order valence-corrected chi connectivity index (χ3v) is 3.91. The van der Waals surface area contributed by atoms with E-state index in [1.165, 1.54) is 0 Å². The maximum absolute atomic E-state index is 12.7. The summed E-state index contributed by atoms with van der Waals surface area (Å²) >= 11 is 6.01. The first-order valence-corrected chi connectivity index (χ1v) is 7.65. The van der Waals surface area contributed by atoms with Crippen LogP contribution in [0.25, 0.3) is 0 Å². The minimum atomic E-state index is -0.468. The van der Waals surface area contributed by atoms with Crippen LogP contribution in [0.15, 0.2) is 24.3 Å². The van der Waals surface area contributed by atoms with E-state index in [-0.39, 0.29) is 23.7 Å². The normalized spacial score (nSPS) is 11.8. The second kappa shape index (κ2) is 8.19. The highest BCUT2D eigenvalue weighted by molar-refractivity contribution is 6.30. The van der Waals surface area contributed by atoms with Crippen LogP contribution in [0, 0.1) is 10.8 Å². The molecule has 0 spiro atoms. The molecule has 22 heavy (non-hydrogen) atoms. The first-order chi connectivity index (χ1) is 9.57. The Labute approximate surface area is 145 Å². The molecule has 0 saturated heterocycles. The molecule has 0 heterocycles. The van der Waals surface area contributed by atoms with Crippen molar-refractivity contribution in [2.24, 2.45) is 16.6 Å². The zero-order chi connectivity index (χ0) is 16.3. The summed E-state index contributed by atoms with van der Waals surface area (Å²) in [6, 6.07) is 7.68. The average Bonchev–Trinajstić information content (AvgIpc) is 2.36. The molecular weight excluding hydrogens is 319 g/mol. The standard InChI is InChI=1S/C17H27ClN2O.ClH/c1-16(2,11-19)12-20(5)15(21)17(3,4)10-13-7-6-8-14(18)9-13;/h6-9H,10-12,19H2,1-5H3;1H. The van der Waals surface area contributed by atoms with Gasteiger partial charge in [-0.1, -0.05) is 51.4 Å². The molecule has 0 aliphatic heterocycles. The highest BCUT2D eigenvalue weighted by Crippen LogP contribution is 2.27. The van der Waals surface area contributed by atoms with Gasteiger partial charge >= 0.3 is 0 Å². The molecule has 0 radical (unpaired) electrons. The Bertz CT molecular complexity index is 501. The van der Waals surface area contributed by atoms with E-state index in [1.54, 1.807) is 4.90 Å². The fourth-order valence-corrected chi connectivity index (χ4v) is 2.74. The summed E-state index contributed by atoms with van der Waals surface area (Å²) in [5.41, 5.74) is 6.29. The number of rotatable bonds is 6. The molecule has 126 valence electrons. The molecule has 0 fully saturated rings. The van der Waals surface area contributed by atoms with E-state index < -0.39 is 5.41 Å². The van der Waals surface area contributed by atoms with Crippen LogP contribution in [0.5, 0.6) is 0 Å². The van der Waals surface area contributed by atoms with E-state index in [0.29, 0.717) is 24.5 Å². The van der Waals surface area contributed by atoms with Crippen molar-refractivity contribution in [2.75, 3.05) is 20.1 Å². The Morgan fingerprint density at radius 3 is 2.36 bits per heavy atom.